The van der Waals surface area contributed by atoms with E-state index >= 15 is 0 Å². The summed E-state index contributed by atoms with van der Waals surface area (Å²) in [6.07, 6.45) is 0. The molecule has 0 heterocycles. The number of carbonyl (C=O) groups excluding carboxylic acids is 1. The molecule has 0 saturated carbocycles. The SMILES string of the molecule is Cc1ccc(S(=O)(=O)Nc2cc(C(N)=O)cc(F)c2C)c(C)c1OCC(=O)O. The molecule has 2 aromatic carbocycles. The number of benzene rings is 2. The van der Waals surface area contributed by atoms with E-state index < -0.39 is 34.3 Å². The smallest absolute Gasteiger partial charge is 0.341 e. The average molecular weight is 410 g/mol. The van der Waals surface area contributed by atoms with Crippen LogP contribution in [-0.4, -0.2) is 32.0 Å². The van der Waals surface area contributed by atoms with Crippen LogP contribution in [0.15, 0.2) is 29.2 Å². The van der Waals surface area contributed by atoms with E-state index in [9.17, 15) is 22.4 Å². The molecule has 8 nitrogen and oxygen atoms in total. The first-order chi connectivity index (χ1) is 12.9. The Kier molecular flexibility index (Phi) is 5.93. The second kappa shape index (κ2) is 7.85. The van der Waals surface area contributed by atoms with Crippen molar-refractivity contribution in [2.75, 3.05) is 11.3 Å². The number of ether oxygens (including phenoxy) is 1. The van der Waals surface area contributed by atoms with Gasteiger partial charge in [-0.2, -0.15) is 0 Å². The van der Waals surface area contributed by atoms with Gasteiger partial charge in [0.25, 0.3) is 10.0 Å². The van der Waals surface area contributed by atoms with E-state index in [4.69, 9.17) is 15.6 Å². The predicted octanol–water partition coefficient (Wildman–Crippen LogP) is 2.11. The summed E-state index contributed by atoms with van der Waals surface area (Å²) in [7, 11) is -4.20. The fourth-order valence-corrected chi connectivity index (χ4v) is 3.94. The molecule has 0 atom stereocenters. The Morgan fingerprint density at radius 3 is 2.39 bits per heavy atom. The predicted molar refractivity (Wildman–Crippen MR) is 99.5 cm³/mol. The molecule has 0 aliphatic heterocycles. The van der Waals surface area contributed by atoms with E-state index in [-0.39, 0.29) is 33.0 Å². The number of carboxylic acid groups (broad SMARTS) is 1. The number of amides is 1. The van der Waals surface area contributed by atoms with E-state index in [1.165, 1.54) is 26.0 Å². The quantitative estimate of drug-likeness (QED) is 0.640. The summed E-state index contributed by atoms with van der Waals surface area (Å²) >= 11 is 0. The highest BCUT2D eigenvalue weighted by molar-refractivity contribution is 7.92. The number of primary amides is 1. The van der Waals surface area contributed by atoms with Crippen LogP contribution in [0.1, 0.15) is 27.0 Å². The molecule has 0 fully saturated rings. The van der Waals surface area contributed by atoms with Crippen LogP contribution in [0.25, 0.3) is 0 Å². The minimum atomic E-state index is -4.20. The van der Waals surface area contributed by atoms with Crippen LogP contribution >= 0.6 is 0 Å². The van der Waals surface area contributed by atoms with Gasteiger partial charge in [-0.3, -0.25) is 9.52 Å². The van der Waals surface area contributed by atoms with Gasteiger partial charge in [0.15, 0.2) is 6.61 Å². The molecular formula is C18H19FN2O6S. The first-order valence-electron chi connectivity index (χ1n) is 8.01. The molecule has 0 aliphatic carbocycles. The number of carbonyl (C=O) groups is 2. The van der Waals surface area contributed by atoms with Crippen LogP contribution in [0.4, 0.5) is 10.1 Å². The highest BCUT2D eigenvalue weighted by Crippen LogP contribution is 2.31. The molecule has 1 amide bonds. The Bertz CT molecular complexity index is 1070. The number of nitrogens with two attached hydrogens (primary N) is 1. The van der Waals surface area contributed by atoms with Gasteiger partial charge in [0, 0.05) is 16.7 Å². The van der Waals surface area contributed by atoms with Crippen LogP contribution in [-0.2, 0) is 14.8 Å². The fourth-order valence-electron chi connectivity index (χ4n) is 2.58. The Morgan fingerprint density at radius 2 is 1.82 bits per heavy atom. The molecule has 10 heteroatoms. The zero-order chi connectivity index (χ0) is 21.2. The van der Waals surface area contributed by atoms with E-state index in [1.807, 2.05) is 0 Å². The van der Waals surface area contributed by atoms with Gasteiger partial charge in [-0.1, -0.05) is 6.07 Å². The molecule has 2 aromatic rings. The fraction of sp³-hybridized carbons (Fsp3) is 0.222. The number of anilines is 1. The Labute approximate surface area is 161 Å². The van der Waals surface area contributed by atoms with Crippen LogP contribution in [0, 0.1) is 26.6 Å². The topological polar surface area (TPSA) is 136 Å². The third kappa shape index (κ3) is 4.39. The monoisotopic (exact) mass is 410 g/mol. The van der Waals surface area contributed by atoms with Gasteiger partial charge >= 0.3 is 5.97 Å². The molecule has 2 rings (SSSR count). The number of rotatable bonds is 7. The zero-order valence-electron chi connectivity index (χ0n) is 15.4. The van der Waals surface area contributed by atoms with Crippen molar-refractivity contribution in [3.8, 4) is 5.75 Å². The van der Waals surface area contributed by atoms with Crippen molar-refractivity contribution in [1.82, 2.24) is 0 Å². The highest BCUT2D eigenvalue weighted by atomic mass is 32.2. The molecule has 4 N–H and O–H groups in total. The molecule has 0 radical (unpaired) electrons. The van der Waals surface area contributed by atoms with E-state index in [0.29, 0.717) is 5.56 Å². The minimum absolute atomic E-state index is 0.0132. The Hall–Kier alpha value is -3.14. The van der Waals surface area contributed by atoms with Gasteiger partial charge in [-0.25, -0.2) is 17.6 Å². The van der Waals surface area contributed by atoms with Gasteiger partial charge in [0.05, 0.1) is 10.6 Å². The maximum absolute atomic E-state index is 14.0. The van der Waals surface area contributed by atoms with Crippen LogP contribution in [0.5, 0.6) is 5.75 Å². The number of nitrogens with one attached hydrogen (secondary N) is 1. The van der Waals surface area contributed by atoms with Crippen molar-refractivity contribution in [1.29, 1.82) is 0 Å². The van der Waals surface area contributed by atoms with E-state index in [2.05, 4.69) is 4.72 Å². The standard InChI is InChI=1S/C18H19FN2O6S/c1-9-4-5-15(11(3)17(9)27-8-16(22)23)28(25,26)21-14-7-12(18(20)24)6-13(19)10(14)2/h4-7,21H,8H2,1-3H3,(H2,20,24)(H,22,23). The van der Waals surface area contributed by atoms with Gasteiger partial charge in [-0.05, 0) is 44.5 Å². The maximum atomic E-state index is 14.0. The van der Waals surface area contributed by atoms with Crippen LogP contribution in [0.3, 0.4) is 0 Å². The number of carboxylic acids is 1. The lowest BCUT2D eigenvalue weighted by molar-refractivity contribution is -0.139. The Balaban J connectivity index is 2.50. The number of hydrogen-bond donors (Lipinski definition) is 3. The van der Waals surface area contributed by atoms with Gasteiger partial charge in [0.1, 0.15) is 11.6 Å². The number of hydrogen-bond acceptors (Lipinski definition) is 5. The molecule has 0 unspecified atom stereocenters. The maximum Gasteiger partial charge on any atom is 0.341 e. The van der Waals surface area contributed by atoms with E-state index in [0.717, 1.165) is 12.1 Å². The van der Waals surface area contributed by atoms with Crippen molar-refractivity contribution >= 4 is 27.6 Å². The lowest BCUT2D eigenvalue weighted by atomic mass is 10.1. The lowest BCUT2D eigenvalue weighted by Gasteiger charge is -2.17. The van der Waals surface area contributed by atoms with Crippen molar-refractivity contribution < 1.29 is 32.2 Å². The third-order valence-electron chi connectivity index (χ3n) is 4.06. The molecule has 0 saturated heterocycles. The summed E-state index contributed by atoms with van der Waals surface area (Å²) in [5, 5.41) is 8.78. The van der Waals surface area contributed by atoms with Crippen molar-refractivity contribution in [3.05, 3.63) is 52.3 Å². The second-order valence-electron chi connectivity index (χ2n) is 6.12. The number of aryl methyl sites for hydroxylation is 1. The summed E-state index contributed by atoms with van der Waals surface area (Å²) in [5.41, 5.74) is 5.55. The number of halogens is 1. The van der Waals surface area contributed by atoms with Crippen molar-refractivity contribution in [2.24, 2.45) is 5.73 Å². The summed E-state index contributed by atoms with van der Waals surface area (Å²) < 4.78 is 47.2. The normalized spacial score (nSPS) is 11.1. The summed E-state index contributed by atoms with van der Waals surface area (Å²) in [5.74, 6) is -2.78. The third-order valence-corrected chi connectivity index (χ3v) is 5.57. The minimum Gasteiger partial charge on any atom is -0.481 e. The summed E-state index contributed by atoms with van der Waals surface area (Å²) in [6, 6.07) is 4.85. The first kappa shape index (κ1) is 21.2. The molecule has 28 heavy (non-hydrogen) atoms. The molecule has 0 aliphatic rings. The highest BCUT2D eigenvalue weighted by Gasteiger charge is 2.23. The van der Waals surface area contributed by atoms with Crippen LogP contribution < -0.4 is 15.2 Å². The average Bonchev–Trinajstić information content (AvgIpc) is 2.57. The second-order valence-corrected chi connectivity index (χ2v) is 7.77. The number of aliphatic carboxylic acids is 1. The van der Waals surface area contributed by atoms with E-state index in [1.54, 1.807) is 6.92 Å². The van der Waals surface area contributed by atoms with Gasteiger partial charge in [-0.15, -0.1) is 0 Å². The lowest BCUT2D eigenvalue weighted by Crippen LogP contribution is -2.18. The van der Waals surface area contributed by atoms with Crippen LogP contribution in [0.2, 0.25) is 0 Å². The zero-order valence-corrected chi connectivity index (χ0v) is 16.2. The van der Waals surface area contributed by atoms with Gasteiger partial charge < -0.3 is 15.6 Å². The summed E-state index contributed by atoms with van der Waals surface area (Å²) in [6.45, 7) is 3.82. The Morgan fingerprint density at radius 1 is 1.18 bits per heavy atom. The largest absolute Gasteiger partial charge is 0.481 e. The van der Waals surface area contributed by atoms with Crippen molar-refractivity contribution in [3.63, 3.8) is 0 Å². The molecule has 0 bridgehead atoms. The molecule has 0 aromatic heterocycles. The molecular weight excluding hydrogens is 391 g/mol. The van der Waals surface area contributed by atoms with Gasteiger partial charge in [0.2, 0.25) is 5.91 Å². The summed E-state index contributed by atoms with van der Waals surface area (Å²) in [4.78, 5) is 21.9. The molecule has 150 valence electrons. The van der Waals surface area contributed by atoms with Crippen molar-refractivity contribution in [2.45, 2.75) is 25.7 Å². The molecule has 0 spiro atoms. The first-order valence-corrected chi connectivity index (χ1v) is 9.50. The number of sulfonamides is 1.